The number of carbonyl (C=O) groups is 1. The van der Waals surface area contributed by atoms with E-state index < -0.39 is 0 Å². The molecular formula is C9H5ClIN3OS. The molecule has 2 rings (SSSR count). The zero-order valence-corrected chi connectivity index (χ0v) is 11.5. The summed E-state index contributed by atoms with van der Waals surface area (Å²) >= 11 is 9.28. The summed E-state index contributed by atoms with van der Waals surface area (Å²) < 4.78 is 1.06. The van der Waals surface area contributed by atoms with E-state index in [1.807, 2.05) is 6.07 Å². The van der Waals surface area contributed by atoms with Crippen molar-refractivity contribution in [2.75, 3.05) is 5.32 Å². The van der Waals surface area contributed by atoms with Crippen molar-refractivity contribution in [1.29, 1.82) is 0 Å². The van der Waals surface area contributed by atoms with Crippen LogP contribution in [0, 0.1) is 2.88 Å². The van der Waals surface area contributed by atoms with Crippen molar-refractivity contribution in [3.63, 3.8) is 0 Å². The van der Waals surface area contributed by atoms with Gasteiger partial charge >= 0.3 is 0 Å². The van der Waals surface area contributed by atoms with E-state index in [0.29, 0.717) is 11.4 Å². The third-order valence-corrected chi connectivity index (χ3v) is 3.67. The lowest BCUT2D eigenvalue weighted by Gasteiger charge is -2.01. The predicted octanol–water partition coefficient (Wildman–Crippen LogP) is 3.05. The molecule has 0 bridgehead atoms. The number of aromatic nitrogens is 2. The van der Waals surface area contributed by atoms with Gasteiger partial charge in [-0.25, -0.2) is 9.97 Å². The summed E-state index contributed by atoms with van der Waals surface area (Å²) in [6.07, 6.45) is 1.49. The van der Waals surface area contributed by atoms with Crippen LogP contribution in [0.2, 0.25) is 5.28 Å². The van der Waals surface area contributed by atoms with Gasteiger partial charge in [-0.15, -0.1) is 11.3 Å². The van der Waals surface area contributed by atoms with Gasteiger partial charge in [-0.3, -0.25) is 4.79 Å². The number of nitrogens with zero attached hydrogens (tertiary/aromatic N) is 2. The van der Waals surface area contributed by atoms with Crippen molar-refractivity contribution in [2.24, 2.45) is 0 Å². The molecule has 0 atom stereocenters. The minimum Gasteiger partial charge on any atom is -0.306 e. The van der Waals surface area contributed by atoms with Crippen LogP contribution in [0.15, 0.2) is 23.7 Å². The number of carbonyl (C=O) groups excluding carboxylic acids is 1. The second kappa shape index (κ2) is 5.07. The molecular weight excluding hydrogens is 361 g/mol. The van der Waals surface area contributed by atoms with Gasteiger partial charge in [-0.05, 0) is 46.3 Å². The molecule has 16 heavy (non-hydrogen) atoms. The third-order valence-electron chi connectivity index (χ3n) is 1.70. The van der Waals surface area contributed by atoms with Gasteiger partial charge < -0.3 is 5.32 Å². The van der Waals surface area contributed by atoms with Crippen LogP contribution >= 0.6 is 45.5 Å². The maximum absolute atomic E-state index is 11.7. The molecule has 0 saturated carbocycles. The Hall–Kier alpha value is -0.730. The van der Waals surface area contributed by atoms with Crippen LogP contribution in [-0.2, 0) is 0 Å². The number of thiophene rings is 1. The average Bonchev–Trinajstić information content (AvgIpc) is 2.65. The van der Waals surface area contributed by atoms with Crippen LogP contribution in [0.5, 0.6) is 0 Å². The maximum atomic E-state index is 11.7. The SMILES string of the molecule is O=C(Nc1ccnc(Cl)n1)c1csc(I)c1. The Kier molecular flexibility index (Phi) is 3.72. The molecule has 0 radical (unpaired) electrons. The average molecular weight is 366 g/mol. The van der Waals surface area contributed by atoms with E-state index >= 15 is 0 Å². The van der Waals surface area contributed by atoms with E-state index in [2.05, 4.69) is 37.9 Å². The highest BCUT2D eigenvalue weighted by Crippen LogP contribution is 2.17. The fourth-order valence-electron chi connectivity index (χ4n) is 1.02. The van der Waals surface area contributed by atoms with Gasteiger partial charge in [-0.2, -0.15) is 0 Å². The van der Waals surface area contributed by atoms with Crippen LogP contribution < -0.4 is 5.32 Å². The second-order valence-electron chi connectivity index (χ2n) is 2.80. The summed E-state index contributed by atoms with van der Waals surface area (Å²) in [5.41, 5.74) is 0.615. The van der Waals surface area contributed by atoms with Crippen LogP contribution in [0.4, 0.5) is 5.82 Å². The zero-order valence-electron chi connectivity index (χ0n) is 7.78. The van der Waals surface area contributed by atoms with Gasteiger partial charge in [0.1, 0.15) is 5.82 Å². The molecule has 1 amide bonds. The molecule has 1 N–H and O–H groups in total. The number of nitrogens with one attached hydrogen (secondary N) is 1. The first-order valence-electron chi connectivity index (χ1n) is 4.19. The van der Waals surface area contributed by atoms with Crippen molar-refractivity contribution < 1.29 is 4.79 Å². The Morgan fingerprint density at radius 1 is 1.56 bits per heavy atom. The molecule has 0 unspecified atom stereocenters. The van der Waals surface area contributed by atoms with Crippen LogP contribution in [-0.4, -0.2) is 15.9 Å². The molecule has 2 aromatic rings. The van der Waals surface area contributed by atoms with Crippen LogP contribution in [0.3, 0.4) is 0 Å². The van der Waals surface area contributed by atoms with Crippen molar-refractivity contribution in [2.45, 2.75) is 0 Å². The molecule has 0 spiro atoms. The number of hydrogen-bond acceptors (Lipinski definition) is 4. The standard InChI is InChI=1S/C9H5ClIN3OS/c10-9-12-2-1-7(14-9)13-8(15)5-3-6(11)16-4-5/h1-4H,(H,12,13,14,15). The Labute approximate surface area is 114 Å². The lowest BCUT2D eigenvalue weighted by atomic mass is 10.3. The van der Waals surface area contributed by atoms with E-state index in [9.17, 15) is 4.79 Å². The number of hydrogen-bond donors (Lipinski definition) is 1. The van der Waals surface area contributed by atoms with E-state index in [4.69, 9.17) is 11.6 Å². The Bertz CT molecular complexity index is 531. The van der Waals surface area contributed by atoms with Gasteiger partial charge in [0.2, 0.25) is 5.28 Å². The monoisotopic (exact) mass is 365 g/mol. The smallest absolute Gasteiger partial charge is 0.257 e. The van der Waals surface area contributed by atoms with E-state index in [-0.39, 0.29) is 11.2 Å². The Morgan fingerprint density at radius 3 is 3.00 bits per heavy atom. The number of amides is 1. The molecule has 0 aliphatic rings. The highest BCUT2D eigenvalue weighted by atomic mass is 127. The first kappa shape index (κ1) is 11.7. The lowest BCUT2D eigenvalue weighted by Crippen LogP contribution is -2.12. The fraction of sp³-hybridized carbons (Fsp3) is 0. The summed E-state index contributed by atoms with van der Waals surface area (Å²) in [6.45, 7) is 0. The quantitative estimate of drug-likeness (QED) is 0.657. The van der Waals surface area contributed by atoms with Crippen molar-refractivity contribution in [1.82, 2.24) is 9.97 Å². The minimum atomic E-state index is -0.200. The number of rotatable bonds is 2. The molecule has 82 valence electrons. The van der Waals surface area contributed by atoms with Gasteiger partial charge in [0.15, 0.2) is 0 Å². The number of anilines is 1. The number of halogens is 2. The molecule has 0 aliphatic heterocycles. The molecule has 0 aliphatic carbocycles. The summed E-state index contributed by atoms with van der Waals surface area (Å²) in [4.78, 5) is 19.3. The van der Waals surface area contributed by atoms with E-state index in [1.54, 1.807) is 11.4 Å². The minimum absolute atomic E-state index is 0.109. The predicted molar refractivity (Wildman–Crippen MR) is 72.0 cm³/mol. The maximum Gasteiger partial charge on any atom is 0.257 e. The fourth-order valence-corrected chi connectivity index (χ4v) is 2.50. The van der Waals surface area contributed by atoms with Crippen LogP contribution in [0.25, 0.3) is 0 Å². The third kappa shape index (κ3) is 2.89. The molecule has 4 nitrogen and oxygen atoms in total. The van der Waals surface area contributed by atoms with E-state index in [0.717, 1.165) is 2.88 Å². The largest absolute Gasteiger partial charge is 0.306 e. The summed E-state index contributed by atoms with van der Waals surface area (Å²) in [5.74, 6) is 0.195. The van der Waals surface area contributed by atoms with Crippen molar-refractivity contribution in [3.8, 4) is 0 Å². The van der Waals surface area contributed by atoms with Crippen molar-refractivity contribution >= 4 is 57.3 Å². The Morgan fingerprint density at radius 2 is 2.38 bits per heavy atom. The molecule has 0 fully saturated rings. The molecule has 7 heteroatoms. The van der Waals surface area contributed by atoms with Gasteiger partial charge in [-0.1, -0.05) is 0 Å². The van der Waals surface area contributed by atoms with Gasteiger partial charge in [0.05, 0.1) is 8.45 Å². The summed E-state index contributed by atoms with van der Waals surface area (Å²) in [7, 11) is 0. The molecule has 0 saturated heterocycles. The topological polar surface area (TPSA) is 54.9 Å². The normalized spacial score (nSPS) is 10.1. The summed E-state index contributed by atoms with van der Waals surface area (Å²) in [6, 6.07) is 3.39. The first-order chi connectivity index (χ1) is 7.65. The zero-order chi connectivity index (χ0) is 11.5. The second-order valence-corrected chi connectivity index (χ2v) is 5.95. The highest BCUT2D eigenvalue weighted by molar-refractivity contribution is 14.1. The molecule has 0 aromatic carbocycles. The lowest BCUT2D eigenvalue weighted by molar-refractivity contribution is 0.102. The summed E-state index contributed by atoms with van der Waals surface area (Å²) in [5, 5.41) is 4.54. The van der Waals surface area contributed by atoms with E-state index in [1.165, 1.54) is 17.5 Å². The van der Waals surface area contributed by atoms with Crippen molar-refractivity contribution in [3.05, 3.63) is 37.4 Å². The Balaban J connectivity index is 2.13. The molecule has 2 aromatic heterocycles. The molecule has 2 heterocycles. The van der Waals surface area contributed by atoms with Crippen LogP contribution in [0.1, 0.15) is 10.4 Å². The first-order valence-corrected chi connectivity index (χ1v) is 6.53. The van der Waals surface area contributed by atoms with Gasteiger partial charge in [0, 0.05) is 11.6 Å². The highest BCUT2D eigenvalue weighted by Gasteiger charge is 2.08. The van der Waals surface area contributed by atoms with Gasteiger partial charge in [0.25, 0.3) is 5.91 Å².